The molecular formula is C21H15Cl2N7O2. The number of nitrogens with two attached hydrogens (primary N) is 1. The molecular weight excluding hydrogens is 453 g/mol. The Balaban J connectivity index is 1.63. The van der Waals surface area contributed by atoms with Gasteiger partial charge in [0.2, 0.25) is 11.7 Å². The average molecular weight is 468 g/mol. The van der Waals surface area contributed by atoms with Gasteiger partial charge in [-0.2, -0.15) is 5.21 Å². The van der Waals surface area contributed by atoms with Gasteiger partial charge in [-0.15, -0.1) is 10.2 Å². The number of carbonyl (C=O) groups excluding carboxylic acids is 2. The second-order valence-corrected chi connectivity index (χ2v) is 7.55. The van der Waals surface area contributed by atoms with Crippen molar-refractivity contribution in [3.05, 3.63) is 76.3 Å². The van der Waals surface area contributed by atoms with Crippen molar-refractivity contribution in [2.24, 2.45) is 5.73 Å². The fraction of sp³-hybridized carbons (Fsp3) is 0. The van der Waals surface area contributed by atoms with E-state index in [9.17, 15) is 9.59 Å². The van der Waals surface area contributed by atoms with Crippen molar-refractivity contribution in [3.63, 3.8) is 0 Å². The molecule has 4 aromatic rings. The molecule has 0 radical (unpaired) electrons. The maximum Gasteiger partial charge on any atom is 0.323 e. The first-order valence-corrected chi connectivity index (χ1v) is 9.97. The predicted molar refractivity (Wildman–Crippen MR) is 123 cm³/mol. The summed E-state index contributed by atoms with van der Waals surface area (Å²) in [5.41, 5.74) is 8.79. The van der Waals surface area contributed by atoms with E-state index in [1.54, 1.807) is 54.6 Å². The minimum Gasteiger partial charge on any atom is -0.366 e. The number of urea groups is 1. The Morgan fingerprint density at radius 3 is 2.19 bits per heavy atom. The van der Waals surface area contributed by atoms with Gasteiger partial charge in [-0.1, -0.05) is 41.4 Å². The highest BCUT2D eigenvalue weighted by atomic mass is 35.5. The van der Waals surface area contributed by atoms with Crippen LogP contribution in [0.15, 0.2) is 60.7 Å². The van der Waals surface area contributed by atoms with E-state index in [4.69, 9.17) is 28.9 Å². The number of hydrogen-bond donors (Lipinski definition) is 4. The Bertz CT molecular complexity index is 1270. The summed E-state index contributed by atoms with van der Waals surface area (Å²) in [6, 6.07) is 16.4. The molecule has 1 aromatic heterocycles. The van der Waals surface area contributed by atoms with Crippen molar-refractivity contribution < 1.29 is 9.59 Å². The Morgan fingerprint density at radius 1 is 0.875 bits per heavy atom. The zero-order valence-corrected chi connectivity index (χ0v) is 17.8. The molecule has 3 aromatic carbocycles. The number of tetrazole rings is 1. The van der Waals surface area contributed by atoms with Crippen LogP contribution >= 0.6 is 23.2 Å². The highest BCUT2D eigenvalue weighted by Gasteiger charge is 2.14. The number of carbonyl (C=O) groups is 2. The number of aromatic nitrogens is 4. The summed E-state index contributed by atoms with van der Waals surface area (Å²) in [5, 5.41) is 20.3. The summed E-state index contributed by atoms with van der Waals surface area (Å²) in [5.74, 6) is -0.211. The number of anilines is 2. The number of hydrogen-bond acceptors (Lipinski definition) is 5. The molecule has 0 aliphatic rings. The standard InChI is InChI=1S/C21H15Cl2N7O2/c22-14-8-15(23)10-16(9-14)25-21(32)26-18-6-5-13(7-17(18)20-27-29-30-28-20)11-1-3-12(4-2-11)19(24)31/h1-10H,(H2,24,31)(H2,25,26,32)(H,27,28,29,30). The zero-order valence-electron chi connectivity index (χ0n) is 16.3. The molecule has 5 N–H and O–H groups in total. The Morgan fingerprint density at radius 2 is 1.56 bits per heavy atom. The SMILES string of the molecule is NC(=O)c1ccc(-c2ccc(NC(=O)Nc3cc(Cl)cc(Cl)c3)c(-c3nn[nH]n3)c2)cc1. The number of halogens is 2. The molecule has 0 fully saturated rings. The van der Waals surface area contributed by atoms with E-state index in [0.717, 1.165) is 11.1 Å². The molecule has 32 heavy (non-hydrogen) atoms. The lowest BCUT2D eigenvalue weighted by Gasteiger charge is -2.13. The van der Waals surface area contributed by atoms with E-state index < -0.39 is 11.9 Å². The van der Waals surface area contributed by atoms with Crippen LogP contribution < -0.4 is 16.4 Å². The molecule has 0 aliphatic heterocycles. The van der Waals surface area contributed by atoms with Crippen LogP contribution in [-0.4, -0.2) is 32.6 Å². The molecule has 0 saturated heterocycles. The number of rotatable bonds is 5. The van der Waals surface area contributed by atoms with Crippen LogP contribution in [0.3, 0.4) is 0 Å². The first-order valence-electron chi connectivity index (χ1n) is 9.21. The van der Waals surface area contributed by atoms with Crippen LogP contribution in [-0.2, 0) is 0 Å². The van der Waals surface area contributed by atoms with Crippen molar-refractivity contribution in [2.45, 2.75) is 0 Å². The van der Waals surface area contributed by atoms with Gasteiger partial charge >= 0.3 is 6.03 Å². The largest absolute Gasteiger partial charge is 0.366 e. The maximum absolute atomic E-state index is 12.6. The van der Waals surface area contributed by atoms with Crippen LogP contribution in [0, 0.1) is 0 Å². The van der Waals surface area contributed by atoms with Gasteiger partial charge in [-0.05, 0) is 58.8 Å². The number of H-pyrrole nitrogens is 1. The smallest absolute Gasteiger partial charge is 0.323 e. The number of amides is 3. The Labute approximate surface area is 191 Å². The second-order valence-electron chi connectivity index (χ2n) is 6.67. The molecule has 160 valence electrons. The van der Waals surface area contributed by atoms with Gasteiger partial charge in [0.1, 0.15) is 0 Å². The Kier molecular flexibility index (Phi) is 6.02. The van der Waals surface area contributed by atoms with E-state index in [2.05, 4.69) is 31.3 Å². The lowest BCUT2D eigenvalue weighted by Crippen LogP contribution is -2.20. The number of aromatic amines is 1. The average Bonchev–Trinajstić information content (AvgIpc) is 3.28. The number of primary amides is 1. The van der Waals surface area contributed by atoms with Crippen molar-refractivity contribution >= 4 is 46.5 Å². The van der Waals surface area contributed by atoms with Gasteiger partial charge in [0.25, 0.3) is 0 Å². The van der Waals surface area contributed by atoms with Gasteiger partial charge in [0.15, 0.2) is 0 Å². The summed E-state index contributed by atoms with van der Waals surface area (Å²) in [7, 11) is 0. The van der Waals surface area contributed by atoms with E-state index in [-0.39, 0.29) is 0 Å². The van der Waals surface area contributed by atoms with Crippen molar-refractivity contribution in [1.82, 2.24) is 20.6 Å². The first kappa shape index (κ1) is 21.3. The van der Waals surface area contributed by atoms with Gasteiger partial charge in [0.05, 0.1) is 5.69 Å². The zero-order chi connectivity index (χ0) is 22.7. The maximum atomic E-state index is 12.6. The molecule has 0 saturated carbocycles. The molecule has 11 heteroatoms. The summed E-state index contributed by atoms with van der Waals surface area (Å²) < 4.78 is 0. The topological polar surface area (TPSA) is 139 Å². The van der Waals surface area contributed by atoms with Crippen LogP contribution in [0.4, 0.5) is 16.2 Å². The molecule has 0 aliphatic carbocycles. The fourth-order valence-corrected chi connectivity index (χ4v) is 3.56. The second kappa shape index (κ2) is 9.04. The molecule has 0 unspecified atom stereocenters. The van der Waals surface area contributed by atoms with Gasteiger partial charge in [-0.25, -0.2) is 4.79 Å². The lowest BCUT2D eigenvalue weighted by atomic mass is 10.00. The molecule has 0 atom stereocenters. The third-order valence-electron chi connectivity index (χ3n) is 4.48. The highest BCUT2D eigenvalue weighted by Crippen LogP contribution is 2.31. The first-order chi connectivity index (χ1) is 15.4. The van der Waals surface area contributed by atoms with Crippen molar-refractivity contribution in [3.8, 4) is 22.5 Å². The van der Waals surface area contributed by atoms with Crippen molar-refractivity contribution in [1.29, 1.82) is 0 Å². The summed E-state index contributed by atoms with van der Waals surface area (Å²) >= 11 is 12.0. The molecule has 4 rings (SSSR count). The molecule has 0 bridgehead atoms. The summed E-state index contributed by atoms with van der Waals surface area (Å²) in [6.45, 7) is 0. The predicted octanol–water partition coefficient (Wildman–Crippen LogP) is 4.58. The molecule has 1 heterocycles. The highest BCUT2D eigenvalue weighted by molar-refractivity contribution is 6.35. The third-order valence-corrected chi connectivity index (χ3v) is 4.91. The van der Waals surface area contributed by atoms with Crippen LogP contribution in [0.2, 0.25) is 10.0 Å². The van der Waals surface area contributed by atoms with E-state index in [1.165, 1.54) is 0 Å². The van der Waals surface area contributed by atoms with Gasteiger partial charge in [-0.3, -0.25) is 4.79 Å². The minimum absolute atomic E-state index is 0.293. The molecule has 3 amide bonds. The summed E-state index contributed by atoms with van der Waals surface area (Å²) in [4.78, 5) is 23.9. The van der Waals surface area contributed by atoms with E-state index >= 15 is 0 Å². The monoisotopic (exact) mass is 467 g/mol. The quantitative estimate of drug-likeness (QED) is 0.340. The number of nitrogens with zero attached hydrogens (tertiary/aromatic N) is 3. The van der Waals surface area contributed by atoms with E-state index in [0.29, 0.717) is 38.4 Å². The summed E-state index contributed by atoms with van der Waals surface area (Å²) in [6.07, 6.45) is 0. The van der Waals surface area contributed by atoms with Crippen molar-refractivity contribution in [2.75, 3.05) is 10.6 Å². The van der Waals surface area contributed by atoms with E-state index in [1.807, 2.05) is 6.07 Å². The normalized spacial score (nSPS) is 10.6. The number of nitrogens with one attached hydrogen (secondary N) is 3. The number of benzene rings is 3. The van der Waals surface area contributed by atoms with Crippen LogP contribution in [0.1, 0.15) is 10.4 Å². The minimum atomic E-state index is -0.508. The van der Waals surface area contributed by atoms with Gasteiger partial charge < -0.3 is 16.4 Å². The molecule has 0 spiro atoms. The Hall–Kier alpha value is -3.95. The van der Waals surface area contributed by atoms with Crippen LogP contribution in [0.25, 0.3) is 22.5 Å². The van der Waals surface area contributed by atoms with Gasteiger partial charge in [0, 0.05) is 26.9 Å². The fourth-order valence-electron chi connectivity index (χ4n) is 3.03. The molecule has 9 nitrogen and oxygen atoms in total. The van der Waals surface area contributed by atoms with Crippen LogP contribution in [0.5, 0.6) is 0 Å². The lowest BCUT2D eigenvalue weighted by molar-refractivity contribution is 0.100. The third kappa shape index (κ3) is 4.85.